The minimum atomic E-state index is -0.286. The molecule has 11 nitrogen and oxygen atoms in total. The number of hydrogen-bond donors (Lipinski definition) is 0. The molecule has 1 saturated heterocycles. The van der Waals surface area contributed by atoms with E-state index in [2.05, 4.69) is 4.90 Å². The molecule has 0 unspecified atom stereocenters. The van der Waals surface area contributed by atoms with Gasteiger partial charge in [0.15, 0.2) is 11.5 Å². The summed E-state index contributed by atoms with van der Waals surface area (Å²) in [5.41, 5.74) is 1.25. The lowest BCUT2D eigenvalue weighted by atomic mass is 10.1. The number of amides is 2. The molecule has 5 rings (SSSR count). The van der Waals surface area contributed by atoms with Gasteiger partial charge in [0, 0.05) is 44.4 Å². The first-order chi connectivity index (χ1) is 20.4. The first-order valence-corrected chi connectivity index (χ1v) is 14.0. The minimum absolute atomic E-state index is 0.118. The van der Waals surface area contributed by atoms with E-state index < -0.39 is 0 Å². The number of benzene rings is 2. The molecule has 0 radical (unpaired) electrons. The van der Waals surface area contributed by atoms with Gasteiger partial charge in [0.05, 0.1) is 34.0 Å². The number of methoxy groups -OCH3 is 2. The number of furan rings is 1. The predicted molar refractivity (Wildman–Crippen MR) is 153 cm³/mol. The Bertz CT molecular complexity index is 1360. The number of morpholine rings is 1. The number of carbonyl (C=O) groups is 2. The van der Waals surface area contributed by atoms with Crippen LogP contribution in [0.1, 0.15) is 27.4 Å². The molecule has 0 N–H and O–H groups in total. The molecule has 0 atom stereocenters. The summed E-state index contributed by atoms with van der Waals surface area (Å²) in [5.74, 6) is 3.22. The molecule has 2 aliphatic rings. The lowest BCUT2D eigenvalue weighted by Gasteiger charge is -2.31. The largest absolute Gasteiger partial charge is 0.497 e. The summed E-state index contributed by atoms with van der Waals surface area (Å²) in [6, 6.07) is 14.4. The number of fused-ring (bicyclic) bond motifs is 1. The van der Waals surface area contributed by atoms with Crippen LogP contribution >= 0.6 is 0 Å². The molecule has 11 heteroatoms. The van der Waals surface area contributed by atoms with Gasteiger partial charge < -0.3 is 37.9 Å². The zero-order chi connectivity index (χ0) is 29.5. The van der Waals surface area contributed by atoms with Gasteiger partial charge in [-0.1, -0.05) is 6.07 Å². The fourth-order valence-corrected chi connectivity index (χ4v) is 4.97. The Balaban J connectivity index is 1.39. The van der Waals surface area contributed by atoms with Crippen LogP contribution in [0.5, 0.6) is 23.0 Å². The van der Waals surface area contributed by atoms with E-state index in [1.807, 2.05) is 37.3 Å². The average molecular weight is 580 g/mol. The van der Waals surface area contributed by atoms with Gasteiger partial charge in [0.25, 0.3) is 5.91 Å². The summed E-state index contributed by atoms with van der Waals surface area (Å²) >= 11 is 0. The number of hydrogen-bond acceptors (Lipinski definition) is 9. The van der Waals surface area contributed by atoms with Gasteiger partial charge >= 0.3 is 0 Å². The van der Waals surface area contributed by atoms with Crippen molar-refractivity contribution in [2.24, 2.45) is 0 Å². The highest BCUT2D eigenvalue weighted by atomic mass is 16.7. The molecule has 0 aliphatic carbocycles. The van der Waals surface area contributed by atoms with E-state index in [1.54, 1.807) is 28.0 Å². The Morgan fingerprint density at radius 3 is 2.31 bits per heavy atom. The van der Waals surface area contributed by atoms with E-state index in [4.69, 9.17) is 28.1 Å². The summed E-state index contributed by atoms with van der Waals surface area (Å²) in [5, 5.41) is 0. The number of carbonyl (C=O) groups excluding carboxylic acids is 2. The molecule has 0 bridgehead atoms. The molecule has 2 aliphatic heterocycles. The number of aryl methyl sites for hydroxylation is 1. The monoisotopic (exact) mass is 579 g/mol. The highest BCUT2D eigenvalue weighted by Gasteiger charge is 2.26. The Hall–Kier alpha value is -4.22. The SMILES string of the molecule is COc1cc(OC)cc(C(=O)N(CCN2CCOCC2)CC(=O)N(Cc2ccc3c(c2)OCO3)Cc2ccc(C)o2)c1. The second-order valence-corrected chi connectivity index (χ2v) is 10.2. The molecule has 3 aromatic rings. The van der Waals surface area contributed by atoms with Gasteiger partial charge in [-0.05, 0) is 48.9 Å². The van der Waals surface area contributed by atoms with Crippen LogP contribution in [-0.4, -0.2) is 93.5 Å². The summed E-state index contributed by atoms with van der Waals surface area (Å²) < 4.78 is 33.1. The van der Waals surface area contributed by atoms with Gasteiger partial charge in [0.2, 0.25) is 12.7 Å². The third-order valence-corrected chi connectivity index (χ3v) is 7.31. The van der Waals surface area contributed by atoms with Crippen LogP contribution in [0, 0.1) is 6.92 Å². The van der Waals surface area contributed by atoms with Crippen molar-refractivity contribution >= 4 is 11.8 Å². The predicted octanol–water partition coefficient (Wildman–Crippen LogP) is 3.34. The topological polar surface area (TPSA) is 103 Å². The smallest absolute Gasteiger partial charge is 0.254 e. The Morgan fingerprint density at radius 1 is 0.881 bits per heavy atom. The molecular formula is C31H37N3O8. The van der Waals surface area contributed by atoms with Gasteiger partial charge in [-0.3, -0.25) is 14.5 Å². The van der Waals surface area contributed by atoms with Crippen LogP contribution in [0.3, 0.4) is 0 Å². The van der Waals surface area contributed by atoms with Gasteiger partial charge in [-0.25, -0.2) is 0 Å². The van der Waals surface area contributed by atoms with Crippen molar-refractivity contribution in [2.45, 2.75) is 20.0 Å². The van der Waals surface area contributed by atoms with Crippen molar-refractivity contribution in [1.82, 2.24) is 14.7 Å². The van der Waals surface area contributed by atoms with Crippen molar-refractivity contribution in [3.63, 3.8) is 0 Å². The van der Waals surface area contributed by atoms with Crippen molar-refractivity contribution in [1.29, 1.82) is 0 Å². The van der Waals surface area contributed by atoms with E-state index >= 15 is 0 Å². The number of nitrogens with zero attached hydrogens (tertiary/aromatic N) is 3. The second-order valence-electron chi connectivity index (χ2n) is 10.2. The molecule has 2 aromatic carbocycles. The Labute approximate surface area is 245 Å². The number of rotatable bonds is 12. The molecule has 0 saturated carbocycles. The number of ether oxygens (including phenoxy) is 5. The van der Waals surface area contributed by atoms with E-state index in [-0.39, 0.29) is 31.7 Å². The first kappa shape index (κ1) is 29.3. The maximum Gasteiger partial charge on any atom is 0.254 e. The van der Waals surface area contributed by atoms with Crippen molar-refractivity contribution < 1.29 is 37.7 Å². The van der Waals surface area contributed by atoms with E-state index in [9.17, 15) is 9.59 Å². The second kappa shape index (κ2) is 13.6. The van der Waals surface area contributed by atoms with Crippen molar-refractivity contribution in [3.8, 4) is 23.0 Å². The minimum Gasteiger partial charge on any atom is -0.497 e. The van der Waals surface area contributed by atoms with Gasteiger partial charge in [-0.2, -0.15) is 0 Å². The normalized spacial score (nSPS) is 14.5. The van der Waals surface area contributed by atoms with Crippen LogP contribution < -0.4 is 18.9 Å². The van der Waals surface area contributed by atoms with Crippen molar-refractivity contribution in [2.75, 3.05) is 67.0 Å². The maximum absolute atomic E-state index is 14.0. The summed E-state index contributed by atoms with van der Waals surface area (Å²) in [6.45, 7) is 6.28. The quantitative estimate of drug-likeness (QED) is 0.320. The average Bonchev–Trinajstić information content (AvgIpc) is 3.66. The maximum atomic E-state index is 14.0. The zero-order valence-electron chi connectivity index (χ0n) is 24.3. The Kier molecular flexibility index (Phi) is 9.50. The van der Waals surface area contributed by atoms with Crippen LogP contribution in [0.2, 0.25) is 0 Å². The zero-order valence-corrected chi connectivity index (χ0v) is 24.3. The van der Waals surface area contributed by atoms with Gasteiger partial charge in [-0.15, -0.1) is 0 Å². The fourth-order valence-electron chi connectivity index (χ4n) is 4.97. The highest BCUT2D eigenvalue weighted by molar-refractivity contribution is 5.97. The molecule has 2 amide bonds. The molecule has 224 valence electrons. The molecular weight excluding hydrogens is 542 g/mol. The third kappa shape index (κ3) is 7.34. The summed E-state index contributed by atoms with van der Waals surface area (Å²) in [4.78, 5) is 33.4. The van der Waals surface area contributed by atoms with Gasteiger partial charge in [0.1, 0.15) is 29.6 Å². The fraction of sp³-hybridized carbons (Fsp3) is 0.419. The molecule has 0 spiro atoms. The molecule has 1 fully saturated rings. The lowest BCUT2D eigenvalue weighted by molar-refractivity contribution is -0.133. The van der Waals surface area contributed by atoms with Crippen LogP contribution in [0.4, 0.5) is 0 Å². The standard InChI is InChI=1S/C31H37N3O8/c1-22-4-6-25(42-22)19-34(18-23-5-7-28-29(14-23)41-21-40-28)30(35)20-33(9-8-32-10-12-39-13-11-32)31(36)24-15-26(37-2)17-27(16-24)38-3/h4-7,14-17H,8-13,18-21H2,1-3H3. The Morgan fingerprint density at radius 2 is 1.62 bits per heavy atom. The molecule has 42 heavy (non-hydrogen) atoms. The summed E-state index contributed by atoms with van der Waals surface area (Å²) in [6.07, 6.45) is 0. The highest BCUT2D eigenvalue weighted by Crippen LogP contribution is 2.33. The van der Waals surface area contributed by atoms with E-state index in [0.29, 0.717) is 67.2 Å². The van der Waals surface area contributed by atoms with Crippen LogP contribution in [0.25, 0.3) is 0 Å². The van der Waals surface area contributed by atoms with Crippen LogP contribution in [0.15, 0.2) is 52.9 Å². The van der Waals surface area contributed by atoms with Crippen LogP contribution in [-0.2, 0) is 22.6 Å². The lowest BCUT2D eigenvalue weighted by Crippen LogP contribution is -2.47. The van der Waals surface area contributed by atoms with E-state index in [0.717, 1.165) is 24.4 Å². The summed E-state index contributed by atoms with van der Waals surface area (Å²) in [7, 11) is 3.07. The third-order valence-electron chi connectivity index (χ3n) is 7.31. The van der Waals surface area contributed by atoms with E-state index in [1.165, 1.54) is 14.2 Å². The molecule has 3 heterocycles. The first-order valence-electron chi connectivity index (χ1n) is 14.0. The van der Waals surface area contributed by atoms with Crippen molar-refractivity contribution in [3.05, 3.63) is 71.2 Å². The molecule has 1 aromatic heterocycles.